The van der Waals surface area contributed by atoms with Crippen molar-refractivity contribution in [3.63, 3.8) is 0 Å². The number of unbranched alkanes of at least 4 members (excludes halogenated alkanes) is 3. The van der Waals surface area contributed by atoms with E-state index in [9.17, 15) is 0 Å². The van der Waals surface area contributed by atoms with E-state index in [4.69, 9.17) is 40.6 Å². The van der Waals surface area contributed by atoms with E-state index >= 15 is 0 Å². The van der Waals surface area contributed by atoms with Gasteiger partial charge in [0.1, 0.15) is 0 Å². The van der Waals surface area contributed by atoms with Crippen LogP contribution < -0.4 is 11.5 Å². The van der Waals surface area contributed by atoms with E-state index in [0.29, 0.717) is 30.0 Å². The number of fused-ring (bicyclic) bond motifs is 6. The quantitative estimate of drug-likeness (QED) is 0.169. The largest absolute Gasteiger partial charge is 0.381 e. The van der Waals surface area contributed by atoms with Crippen molar-refractivity contribution in [3.05, 3.63) is 68.7 Å². The topological polar surface area (TPSA) is 120 Å². The molecule has 4 spiro atoms. The average Bonchev–Trinajstić information content (AvgIpc) is 4.28. The van der Waals surface area contributed by atoms with Crippen LogP contribution in [0, 0.1) is 44.4 Å². The maximum absolute atomic E-state index is 6.42. The summed E-state index contributed by atoms with van der Waals surface area (Å²) in [6.07, 6.45) is 24.6. The van der Waals surface area contributed by atoms with Crippen LogP contribution in [0.5, 0.6) is 0 Å². The van der Waals surface area contributed by atoms with Crippen LogP contribution in [0.3, 0.4) is 0 Å². The molecule has 378 valence electrons. The number of hydroxylamine groups is 4. The molecule has 0 bridgehead atoms. The molecule has 4 N–H and O–H groups in total. The first kappa shape index (κ1) is 54.0. The second-order valence-electron chi connectivity index (χ2n) is 21.5. The van der Waals surface area contributed by atoms with Gasteiger partial charge in [-0.15, -0.1) is 0 Å². The third-order valence-electron chi connectivity index (χ3n) is 16.7. The molecule has 2 unspecified atom stereocenters. The molecular formula is C57H85BrN6O4Sn. The molecule has 0 amide bonds. The van der Waals surface area contributed by atoms with Crippen molar-refractivity contribution >= 4 is 46.2 Å². The molecule has 2 aromatic rings. The van der Waals surface area contributed by atoms with Crippen LogP contribution in [0.2, 0.25) is 13.3 Å². The molecule has 4 saturated carbocycles. The van der Waals surface area contributed by atoms with Gasteiger partial charge in [-0.3, -0.25) is 0 Å². The zero-order valence-electron chi connectivity index (χ0n) is 42.5. The predicted molar refractivity (Wildman–Crippen MR) is 287 cm³/mol. The van der Waals surface area contributed by atoms with Crippen molar-refractivity contribution < 1.29 is 19.1 Å². The van der Waals surface area contributed by atoms with Gasteiger partial charge in [0.2, 0.25) is 23.4 Å². The summed E-state index contributed by atoms with van der Waals surface area (Å²) in [6, 6.07) is 13.0. The standard InChI is InChI=1S/C22H27N3O2.C17H22BrN3O2.C5H5.3C4H9.CH4.Sn/c1-25-20(23)24-22(27-25)19-13-16(6-5-15-3-4-15)7-8-17(19)14-21(22)11-9-18(26-2)10-12-21;1-21-15(19)20-17(23-21)14-9-12(18)4-3-11(14)10-16(17)7-5-13(22-2)6-8-16;1-2-5-3-4-5;3*1-3-4-2;;/h7-8,13,15,18H,3-4,9-12,14H2,1-2H3,(H2,23,24);3-4,9,13H,5-8,10H2,1-2H3,(H2,19,20);5H,3-4H2;3*1,3-4H2,2H3;1H4;. The Bertz CT molecular complexity index is 2250. The van der Waals surface area contributed by atoms with Crippen molar-refractivity contribution in [1.29, 1.82) is 0 Å². The van der Waals surface area contributed by atoms with Crippen LogP contribution in [0.15, 0.2) is 50.9 Å². The third kappa shape index (κ3) is 11.4. The first-order valence-corrected chi connectivity index (χ1v) is 34.7. The molecule has 0 aromatic heterocycles. The number of ether oxygens (including phenoxy) is 2. The molecular weight excluding hydrogens is 1030 g/mol. The molecule has 2 heterocycles. The predicted octanol–water partition coefficient (Wildman–Crippen LogP) is 12.3. The average molecular weight is 1120 g/mol. The Morgan fingerprint density at radius 1 is 0.667 bits per heavy atom. The van der Waals surface area contributed by atoms with Gasteiger partial charge >= 0.3 is 120 Å². The van der Waals surface area contributed by atoms with Gasteiger partial charge in [0.05, 0.1) is 12.2 Å². The number of aliphatic imine (C=N–C) groups is 2. The van der Waals surface area contributed by atoms with Crippen LogP contribution in [0.4, 0.5) is 0 Å². The third-order valence-corrected chi connectivity index (χ3v) is 30.4. The Labute approximate surface area is 429 Å². The van der Waals surface area contributed by atoms with E-state index in [1.807, 2.05) is 21.2 Å². The van der Waals surface area contributed by atoms with E-state index in [0.717, 1.165) is 91.3 Å². The van der Waals surface area contributed by atoms with Gasteiger partial charge in [-0.05, 0) is 112 Å². The van der Waals surface area contributed by atoms with E-state index in [2.05, 4.69) is 94.8 Å². The molecule has 0 radical (unpaired) electrons. The molecule has 10 nitrogen and oxygen atoms in total. The minimum Gasteiger partial charge on any atom is -0.381 e. The van der Waals surface area contributed by atoms with Crippen molar-refractivity contribution in [2.75, 3.05) is 28.3 Å². The molecule has 4 fully saturated rings. The van der Waals surface area contributed by atoms with Gasteiger partial charge in [-0.2, -0.15) is 0 Å². The number of hydrogen-bond acceptors (Lipinski definition) is 10. The SMILES string of the molecule is C.CCC[CH2][Sn]([C]#CC1CC1)([CH2]CCC)[CH2]CCC.COC1CCC2(CC1)Cc1ccc(Br)cc1C21N=C(N)N(C)O1.COC1CCC2(CC1)Cc1ccc(C#CC3CC3)cc1C21N=C(N)N(C)O1. The Hall–Kier alpha value is -2.78. The number of hydrogen-bond donors (Lipinski definition) is 2. The van der Waals surface area contributed by atoms with Crippen LogP contribution >= 0.6 is 15.9 Å². The Morgan fingerprint density at radius 3 is 1.51 bits per heavy atom. The number of nitrogens with two attached hydrogens (primary N) is 2. The molecule has 2 atom stereocenters. The maximum Gasteiger partial charge on any atom is 0.220 e. The minimum absolute atomic E-state index is 0. The first-order chi connectivity index (χ1) is 32.8. The molecule has 0 saturated heterocycles. The van der Waals surface area contributed by atoms with Gasteiger partial charge < -0.3 is 20.9 Å². The van der Waals surface area contributed by atoms with E-state index in [-0.39, 0.29) is 18.3 Å². The molecule has 2 aromatic carbocycles. The Balaban J connectivity index is 0.000000155. The number of halogens is 1. The molecule has 10 rings (SSSR count). The number of benzene rings is 2. The van der Waals surface area contributed by atoms with Crippen LogP contribution in [-0.4, -0.2) is 80.9 Å². The van der Waals surface area contributed by atoms with Crippen LogP contribution in [0.1, 0.15) is 172 Å². The van der Waals surface area contributed by atoms with Gasteiger partial charge in [0, 0.05) is 66.2 Å². The summed E-state index contributed by atoms with van der Waals surface area (Å²) in [5.74, 6) is 12.7. The minimum atomic E-state index is -2.07. The monoisotopic (exact) mass is 1120 g/mol. The normalized spacial score (nSPS) is 29.4. The fraction of sp³-hybridized carbons (Fsp3) is 0.684. The smallest absolute Gasteiger partial charge is 0.220 e. The van der Waals surface area contributed by atoms with E-state index in [1.54, 1.807) is 30.5 Å². The van der Waals surface area contributed by atoms with E-state index < -0.39 is 29.8 Å². The molecule has 2 aliphatic heterocycles. The van der Waals surface area contributed by atoms with Crippen molar-refractivity contribution in [2.45, 2.75) is 194 Å². The molecule has 69 heavy (non-hydrogen) atoms. The van der Waals surface area contributed by atoms with Gasteiger partial charge in [0.25, 0.3) is 0 Å². The summed E-state index contributed by atoms with van der Waals surface area (Å²) in [4.78, 5) is 22.5. The van der Waals surface area contributed by atoms with E-state index in [1.165, 1.54) is 75.3 Å². The van der Waals surface area contributed by atoms with Crippen molar-refractivity contribution in [1.82, 2.24) is 10.1 Å². The maximum atomic E-state index is 6.42. The van der Waals surface area contributed by atoms with Gasteiger partial charge in [-0.1, -0.05) is 47.3 Å². The Morgan fingerprint density at radius 2 is 1.10 bits per heavy atom. The van der Waals surface area contributed by atoms with Gasteiger partial charge in [0.15, 0.2) is 0 Å². The summed E-state index contributed by atoms with van der Waals surface area (Å²) in [7, 11) is 7.28. The number of methoxy groups -OCH3 is 2. The summed E-state index contributed by atoms with van der Waals surface area (Å²) in [5, 5.41) is 3.24. The number of guanidine groups is 2. The summed E-state index contributed by atoms with van der Waals surface area (Å²) in [6.45, 7) is 7.01. The summed E-state index contributed by atoms with van der Waals surface area (Å²) in [5.41, 5.74) is 16.7. The molecule has 12 heteroatoms. The summed E-state index contributed by atoms with van der Waals surface area (Å²) >= 11 is 1.52. The number of rotatable bonds is 11. The second kappa shape index (κ2) is 23.0. The fourth-order valence-corrected chi connectivity index (χ4v) is 26.0. The number of nitrogens with zero attached hydrogens (tertiary/aromatic N) is 4. The van der Waals surface area contributed by atoms with Crippen molar-refractivity contribution in [3.8, 4) is 21.7 Å². The molecule has 8 aliphatic rings. The fourth-order valence-electron chi connectivity index (χ4n) is 12.1. The van der Waals surface area contributed by atoms with Crippen LogP contribution in [0.25, 0.3) is 0 Å². The zero-order chi connectivity index (χ0) is 48.2. The van der Waals surface area contributed by atoms with Crippen LogP contribution in [-0.2, 0) is 43.4 Å². The summed E-state index contributed by atoms with van der Waals surface area (Å²) < 4.78 is 20.8. The first-order valence-electron chi connectivity index (χ1n) is 26.4. The Kier molecular flexibility index (Phi) is 18.0. The second-order valence-corrected chi connectivity index (χ2v) is 34.8. The zero-order valence-corrected chi connectivity index (χ0v) is 46.9. The van der Waals surface area contributed by atoms with Gasteiger partial charge in [-0.25, -0.2) is 29.8 Å². The van der Waals surface area contributed by atoms with Crippen molar-refractivity contribution in [2.24, 2.45) is 44.1 Å². The molecule has 6 aliphatic carbocycles.